The van der Waals surface area contributed by atoms with Crippen molar-refractivity contribution in [3.05, 3.63) is 11.1 Å². The summed E-state index contributed by atoms with van der Waals surface area (Å²) in [6.45, 7) is 28.0. The number of rotatable bonds is 11. The molecule has 6 rings (SSSR count). The maximum absolute atomic E-state index is 13.5. The molecule has 0 aromatic carbocycles. The Labute approximate surface area is 301 Å². The Bertz CT molecular complexity index is 1480. The minimum absolute atomic E-state index is 0.159. The second-order valence-electron chi connectivity index (χ2n) is 19.2. The van der Waals surface area contributed by atoms with E-state index in [2.05, 4.69) is 96.9 Å². The predicted octanol–water partition coefficient (Wildman–Crippen LogP) is 7.33. The number of fused-ring (bicyclic) bond motifs is 2. The van der Waals surface area contributed by atoms with Gasteiger partial charge in [-0.05, 0) is 110 Å². The first-order valence-corrected chi connectivity index (χ1v) is 19.8. The number of anilines is 1. The molecule has 0 amide bonds. The predicted molar refractivity (Wildman–Crippen MR) is 196 cm³/mol. The van der Waals surface area contributed by atoms with E-state index in [1.807, 2.05) is 0 Å². The smallest absolute Gasteiger partial charge is 0.307 e. The monoisotopic (exact) mass is 697 g/mol. The minimum atomic E-state index is -0.618. The van der Waals surface area contributed by atoms with Crippen molar-refractivity contribution in [2.45, 2.75) is 145 Å². The Balaban J connectivity index is 1.44. The first kappa shape index (κ1) is 37.7. The summed E-state index contributed by atoms with van der Waals surface area (Å²) in [7, 11) is 0. The van der Waals surface area contributed by atoms with Gasteiger partial charge in [0.25, 0.3) is 5.95 Å². The van der Waals surface area contributed by atoms with Crippen LogP contribution in [0.4, 0.5) is 5.95 Å². The first-order chi connectivity index (χ1) is 23.3. The summed E-state index contributed by atoms with van der Waals surface area (Å²) >= 11 is 0. The van der Waals surface area contributed by atoms with Gasteiger partial charge in [-0.15, -0.1) is 5.10 Å². The highest BCUT2D eigenvalue weighted by Crippen LogP contribution is 2.75. The van der Waals surface area contributed by atoms with Gasteiger partial charge in [0, 0.05) is 16.4 Å². The molecule has 282 valence electrons. The van der Waals surface area contributed by atoms with Crippen LogP contribution in [0.1, 0.15) is 134 Å². The lowest BCUT2D eigenvalue weighted by Gasteiger charge is -2.69. The Morgan fingerprint density at radius 2 is 1.82 bits per heavy atom. The summed E-state index contributed by atoms with van der Waals surface area (Å²) in [5.41, 5.74) is 7.71. The molecule has 0 radical (unpaired) electrons. The van der Waals surface area contributed by atoms with Crippen molar-refractivity contribution in [1.29, 1.82) is 0 Å². The molecule has 11 atom stereocenters. The van der Waals surface area contributed by atoms with Crippen molar-refractivity contribution in [3.8, 4) is 0 Å². The molecule has 4 aliphatic carbocycles. The molecule has 10 heteroatoms. The van der Waals surface area contributed by atoms with Crippen LogP contribution in [0.25, 0.3) is 0 Å². The Morgan fingerprint density at radius 3 is 2.42 bits per heavy atom. The van der Waals surface area contributed by atoms with Crippen LogP contribution in [-0.2, 0) is 14.3 Å². The number of nitrogens with one attached hydrogen (secondary N) is 1. The molecule has 5 aliphatic rings. The highest BCUT2D eigenvalue weighted by atomic mass is 16.5. The molecule has 2 saturated carbocycles. The molecular weight excluding hydrogens is 628 g/mol. The molecule has 4 N–H and O–H groups in total. The van der Waals surface area contributed by atoms with Crippen LogP contribution in [-0.4, -0.2) is 69.3 Å². The average Bonchev–Trinajstić information content (AvgIpc) is 3.48. The van der Waals surface area contributed by atoms with E-state index in [9.17, 15) is 9.90 Å². The van der Waals surface area contributed by atoms with Crippen LogP contribution in [0.2, 0.25) is 0 Å². The van der Waals surface area contributed by atoms with E-state index in [4.69, 9.17) is 15.2 Å². The largest absolute Gasteiger partial charge is 0.481 e. The number of nitrogens with zero attached hydrogens (tertiary/aromatic N) is 4. The maximum Gasteiger partial charge on any atom is 0.307 e. The summed E-state index contributed by atoms with van der Waals surface area (Å²) in [6, 6.07) is -0.159. The summed E-state index contributed by atoms with van der Waals surface area (Å²) in [6.07, 6.45) is 7.47. The summed E-state index contributed by atoms with van der Waals surface area (Å²) in [5, 5.41) is 28.1. The first-order valence-electron chi connectivity index (χ1n) is 19.8. The molecule has 1 aromatic rings. The van der Waals surface area contributed by atoms with Crippen LogP contribution in [0, 0.1) is 56.7 Å². The zero-order valence-electron chi connectivity index (χ0n) is 33.1. The SMILES string of the molecule is CCCN[C@@](C)(CO[C@H]1[C@H](n2nnc(N)n2)C[C@@]23COC[C@]1(C)[C@@H]2CCC1=C3CC[C@@]2(C)[C@H](C(=O)O)[C@@](C)([C@H](C)C(C)C)CC[C@@]12C)C(C)C. The number of nitrogen functional groups attached to an aromatic ring is 1. The van der Waals surface area contributed by atoms with Crippen LogP contribution in [0.15, 0.2) is 11.1 Å². The molecule has 50 heavy (non-hydrogen) atoms. The summed E-state index contributed by atoms with van der Waals surface area (Å²) in [4.78, 5) is 15.2. The normalized spacial score (nSPS) is 41.7. The number of nitrogens with two attached hydrogens (primary N) is 1. The Morgan fingerprint density at radius 1 is 1.10 bits per heavy atom. The van der Waals surface area contributed by atoms with Gasteiger partial charge < -0.3 is 25.6 Å². The van der Waals surface area contributed by atoms with E-state index in [-0.39, 0.29) is 50.7 Å². The highest BCUT2D eigenvalue weighted by molar-refractivity contribution is 5.73. The zero-order chi connectivity index (χ0) is 36.7. The molecule has 1 aliphatic heterocycles. The second-order valence-corrected chi connectivity index (χ2v) is 19.2. The van der Waals surface area contributed by atoms with Crippen molar-refractivity contribution < 1.29 is 19.4 Å². The molecule has 3 fully saturated rings. The van der Waals surface area contributed by atoms with Gasteiger partial charge in [-0.1, -0.05) is 85.5 Å². The molecule has 0 unspecified atom stereocenters. The van der Waals surface area contributed by atoms with E-state index in [1.165, 1.54) is 11.1 Å². The van der Waals surface area contributed by atoms with E-state index < -0.39 is 11.9 Å². The lowest BCUT2D eigenvalue weighted by Crippen LogP contribution is -2.68. The van der Waals surface area contributed by atoms with Crippen molar-refractivity contribution in [3.63, 3.8) is 0 Å². The van der Waals surface area contributed by atoms with Crippen LogP contribution in [0.5, 0.6) is 0 Å². The molecule has 10 nitrogen and oxygen atoms in total. The number of allylic oxidation sites excluding steroid dienone is 1. The van der Waals surface area contributed by atoms with Gasteiger partial charge in [-0.3, -0.25) is 4.79 Å². The van der Waals surface area contributed by atoms with Gasteiger partial charge in [0.1, 0.15) is 6.04 Å². The van der Waals surface area contributed by atoms with Crippen molar-refractivity contribution >= 4 is 11.9 Å². The molecule has 1 aromatic heterocycles. The Kier molecular flexibility index (Phi) is 9.67. The molecule has 0 spiro atoms. The fourth-order valence-electron chi connectivity index (χ4n) is 12.5. The fraction of sp³-hybridized carbons (Fsp3) is 0.900. The van der Waals surface area contributed by atoms with Crippen LogP contribution in [0.3, 0.4) is 0 Å². The van der Waals surface area contributed by atoms with Gasteiger partial charge in [0.05, 0.1) is 31.8 Å². The summed E-state index contributed by atoms with van der Waals surface area (Å²) < 4.78 is 13.9. The van der Waals surface area contributed by atoms with Crippen molar-refractivity contribution in [1.82, 2.24) is 25.5 Å². The highest BCUT2D eigenvalue weighted by Gasteiger charge is 2.70. The standard InChI is InChI=1S/C40H68N6O4/c1-12-19-42-39(11,25(4)5)22-50-32-29(46-44-34(41)43-45-46)20-40-23-49-21-36(32,8)30(40)14-13-27-28(40)15-16-38(10)31(33(47)48)35(7,26(6)24(2)3)17-18-37(27,38)9/h24-26,29-32,42H,12-23H2,1-11H3,(H2,41,44)(H,47,48)/t26-,29-,30+,31-,32+,35-,36-,37+,38+,39+,40+/m1/s1. The third-order valence-electron chi connectivity index (χ3n) is 16.4. The number of carboxylic acids is 1. The quantitative estimate of drug-likeness (QED) is 0.203. The number of aromatic nitrogens is 4. The molecule has 2 bridgehead atoms. The molecule has 2 heterocycles. The van der Waals surface area contributed by atoms with Gasteiger partial charge in [0.15, 0.2) is 0 Å². The minimum Gasteiger partial charge on any atom is -0.481 e. The van der Waals surface area contributed by atoms with Gasteiger partial charge in [-0.25, -0.2) is 0 Å². The number of carbonyl (C=O) groups is 1. The topological polar surface area (TPSA) is 137 Å². The number of tetrazole rings is 1. The Hall–Kier alpha value is -2.04. The number of aliphatic carboxylic acids is 1. The van der Waals surface area contributed by atoms with Gasteiger partial charge in [-0.2, -0.15) is 4.80 Å². The third-order valence-corrected chi connectivity index (χ3v) is 16.4. The van der Waals surface area contributed by atoms with Gasteiger partial charge >= 0.3 is 5.97 Å². The third kappa shape index (κ3) is 5.34. The van der Waals surface area contributed by atoms with E-state index >= 15 is 0 Å². The van der Waals surface area contributed by atoms with Crippen LogP contribution >= 0.6 is 0 Å². The number of hydrogen-bond donors (Lipinski definition) is 3. The zero-order valence-corrected chi connectivity index (χ0v) is 33.1. The average molecular weight is 697 g/mol. The number of ether oxygens (including phenoxy) is 2. The molecule has 1 saturated heterocycles. The molecular formula is C40H68N6O4. The lowest BCUT2D eigenvalue weighted by atomic mass is 9.36. The summed E-state index contributed by atoms with van der Waals surface area (Å²) in [5.74, 6) is 0.644. The number of hydrogen-bond acceptors (Lipinski definition) is 8. The van der Waals surface area contributed by atoms with E-state index in [0.717, 1.165) is 57.9 Å². The maximum atomic E-state index is 13.5. The fourth-order valence-corrected chi connectivity index (χ4v) is 12.5. The van der Waals surface area contributed by atoms with E-state index in [1.54, 1.807) is 4.80 Å². The van der Waals surface area contributed by atoms with Crippen LogP contribution < -0.4 is 11.1 Å². The second kappa shape index (κ2) is 12.8. The number of carboxylic acid groups (broad SMARTS) is 1. The van der Waals surface area contributed by atoms with Gasteiger partial charge in [0.2, 0.25) is 0 Å². The van der Waals surface area contributed by atoms with Crippen molar-refractivity contribution in [2.75, 3.05) is 32.1 Å². The van der Waals surface area contributed by atoms with Crippen molar-refractivity contribution in [2.24, 2.45) is 56.7 Å². The lowest BCUT2D eigenvalue weighted by molar-refractivity contribution is -0.243. The van der Waals surface area contributed by atoms with E-state index in [0.29, 0.717) is 43.5 Å².